The number of carbonyl (C=O) groups excluding carboxylic acids is 1. The number of hydrogen-bond donors (Lipinski definition) is 3. The van der Waals surface area contributed by atoms with Gasteiger partial charge in [0.1, 0.15) is 0 Å². The van der Waals surface area contributed by atoms with Gasteiger partial charge in [0.15, 0.2) is 0 Å². The number of sulfonamides is 1. The van der Waals surface area contributed by atoms with E-state index in [9.17, 15) is 23.3 Å². The number of nitrogens with one attached hydrogen (secondary N) is 2. The van der Waals surface area contributed by atoms with Crippen LogP contribution in [0.2, 0.25) is 0 Å². The molecule has 1 aromatic rings. The van der Waals surface area contributed by atoms with Gasteiger partial charge in [0.25, 0.3) is 5.69 Å². The van der Waals surface area contributed by atoms with Gasteiger partial charge in [0.05, 0.1) is 9.82 Å². The molecule has 0 radical (unpaired) electrons. The molecule has 1 rings (SSSR count). The number of amides is 1. The predicted molar refractivity (Wildman–Crippen MR) is 84.2 cm³/mol. The van der Waals surface area contributed by atoms with Crippen molar-refractivity contribution in [1.82, 2.24) is 10.0 Å². The van der Waals surface area contributed by atoms with Crippen LogP contribution in [0.5, 0.6) is 0 Å². The van der Waals surface area contributed by atoms with Crippen molar-refractivity contribution in [2.75, 3.05) is 13.1 Å². The molecule has 0 aliphatic heterocycles. The van der Waals surface area contributed by atoms with Crippen molar-refractivity contribution in [3.05, 3.63) is 34.4 Å². The maximum absolute atomic E-state index is 12.0. The Bertz CT molecular complexity index is 660. The SMILES string of the molecule is CC(N)CCC(=O)NCCNS(=O)(=O)c1cccc([N+](=O)[O-])c1. The van der Waals surface area contributed by atoms with Gasteiger partial charge in [-0.2, -0.15) is 0 Å². The van der Waals surface area contributed by atoms with E-state index in [1.807, 2.05) is 0 Å². The number of hydrogen-bond acceptors (Lipinski definition) is 6. The van der Waals surface area contributed by atoms with Gasteiger partial charge in [-0.05, 0) is 19.4 Å². The molecule has 0 spiro atoms. The van der Waals surface area contributed by atoms with Gasteiger partial charge < -0.3 is 11.1 Å². The van der Waals surface area contributed by atoms with Crippen LogP contribution in [0.1, 0.15) is 19.8 Å². The summed E-state index contributed by atoms with van der Waals surface area (Å²) in [7, 11) is -3.87. The quantitative estimate of drug-likeness (QED) is 0.329. The first kappa shape index (κ1) is 19.0. The second-order valence-electron chi connectivity index (χ2n) is 5.02. The summed E-state index contributed by atoms with van der Waals surface area (Å²) in [6, 6.07) is 4.66. The number of nitro groups is 1. The number of nitrogens with zero attached hydrogens (tertiary/aromatic N) is 1. The standard InChI is InChI=1S/C13H20N4O5S/c1-10(14)5-6-13(18)15-7-8-16-23(21,22)12-4-2-3-11(9-12)17(19)20/h2-4,9-10,16H,5-8,14H2,1H3,(H,15,18). The highest BCUT2D eigenvalue weighted by molar-refractivity contribution is 7.89. The number of benzene rings is 1. The second-order valence-corrected chi connectivity index (χ2v) is 6.79. The maximum Gasteiger partial charge on any atom is 0.270 e. The molecule has 23 heavy (non-hydrogen) atoms. The third-order valence-electron chi connectivity index (χ3n) is 2.90. The summed E-state index contributed by atoms with van der Waals surface area (Å²) < 4.78 is 26.3. The van der Waals surface area contributed by atoms with Gasteiger partial charge >= 0.3 is 0 Å². The van der Waals surface area contributed by atoms with Gasteiger partial charge in [-0.15, -0.1) is 0 Å². The number of nitro benzene ring substituents is 1. The monoisotopic (exact) mass is 344 g/mol. The van der Waals surface area contributed by atoms with Crippen molar-refractivity contribution in [3.8, 4) is 0 Å². The highest BCUT2D eigenvalue weighted by Gasteiger charge is 2.17. The van der Waals surface area contributed by atoms with Crippen LogP contribution in [0.25, 0.3) is 0 Å². The van der Waals surface area contributed by atoms with Crippen LogP contribution in [0.15, 0.2) is 29.2 Å². The molecule has 128 valence electrons. The van der Waals surface area contributed by atoms with Crippen LogP contribution >= 0.6 is 0 Å². The highest BCUT2D eigenvalue weighted by atomic mass is 32.2. The van der Waals surface area contributed by atoms with Gasteiger partial charge in [-0.1, -0.05) is 6.07 Å². The van der Waals surface area contributed by atoms with Gasteiger partial charge in [-0.25, -0.2) is 13.1 Å². The predicted octanol–water partition coefficient (Wildman–Crippen LogP) is 0.117. The summed E-state index contributed by atoms with van der Waals surface area (Å²) >= 11 is 0. The lowest BCUT2D eigenvalue weighted by Crippen LogP contribution is -2.35. The van der Waals surface area contributed by atoms with Gasteiger partial charge in [0, 0.05) is 37.7 Å². The minimum Gasteiger partial charge on any atom is -0.355 e. The zero-order valence-electron chi connectivity index (χ0n) is 12.7. The molecule has 1 atom stereocenters. The smallest absolute Gasteiger partial charge is 0.270 e. The van der Waals surface area contributed by atoms with E-state index in [0.717, 1.165) is 6.07 Å². The average Bonchev–Trinajstić information content (AvgIpc) is 2.49. The summed E-state index contributed by atoms with van der Waals surface area (Å²) in [6.45, 7) is 1.89. The Kier molecular flexibility index (Phi) is 7.07. The van der Waals surface area contributed by atoms with Crippen molar-refractivity contribution in [2.24, 2.45) is 5.73 Å². The summed E-state index contributed by atoms with van der Waals surface area (Å²) in [5.41, 5.74) is 5.22. The molecule has 1 aromatic carbocycles. The first-order valence-electron chi connectivity index (χ1n) is 6.99. The molecule has 0 saturated carbocycles. The number of non-ortho nitro benzene ring substituents is 1. The molecule has 0 heterocycles. The molecule has 4 N–H and O–H groups in total. The molecule has 9 nitrogen and oxygen atoms in total. The Balaban J connectivity index is 2.49. The molecule has 0 saturated heterocycles. The van der Waals surface area contributed by atoms with E-state index in [2.05, 4.69) is 10.0 Å². The summed E-state index contributed by atoms with van der Waals surface area (Å²) in [5.74, 6) is -0.211. The van der Waals surface area contributed by atoms with Crippen molar-refractivity contribution in [3.63, 3.8) is 0 Å². The molecule has 0 aliphatic carbocycles. The van der Waals surface area contributed by atoms with E-state index in [1.165, 1.54) is 18.2 Å². The first-order chi connectivity index (χ1) is 10.7. The molecule has 0 fully saturated rings. The topological polar surface area (TPSA) is 144 Å². The molecule has 0 bridgehead atoms. The number of nitrogens with two attached hydrogens (primary N) is 1. The fourth-order valence-corrected chi connectivity index (χ4v) is 2.75. The van der Waals surface area contributed by atoms with E-state index >= 15 is 0 Å². The van der Waals surface area contributed by atoms with Gasteiger partial charge in [0.2, 0.25) is 15.9 Å². The van der Waals surface area contributed by atoms with E-state index < -0.39 is 14.9 Å². The van der Waals surface area contributed by atoms with E-state index in [1.54, 1.807) is 6.92 Å². The van der Waals surface area contributed by atoms with Crippen LogP contribution in [-0.4, -0.2) is 38.4 Å². The van der Waals surface area contributed by atoms with E-state index in [4.69, 9.17) is 5.73 Å². The zero-order chi connectivity index (χ0) is 17.5. The van der Waals surface area contributed by atoms with E-state index in [0.29, 0.717) is 6.42 Å². The normalized spacial score (nSPS) is 12.6. The lowest BCUT2D eigenvalue weighted by molar-refractivity contribution is -0.385. The Morgan fingerprint density at radius 2 is 2.09 bits per heavy atom. The largest absolute Gasteiger partial charge is 0.355 e. The van der Waals surface area contributed by atoms with Crippen LogP contribution in [0.3, 0.4) is 0 Å². The molecule has 0 aliphatic rings. The fraction of sp³-hybridized carbons (Fsp3) is 0.462. The number of rotatable bonds is 9. The first-order valence-corrected chi connectivity index (χ1v) is 8.47. The third-order valence-corrected chi connectivity index (χ3v) is 4.36. The molecular formula is C13H20N4O5S. The molecule has 1 amide bonds. The van der Waals surface area contributed by atoms with Crippen molar-refractivity contribution < 1.29 is 18.1 Å². The Hall–Kier alpha value is -2.04. The molecular weight excluding hydrogens is 324 g/mol. The Morgan fingerprint density at radius 3 is 2.70 bits per heavy atom. The lowest BCUT2D eigenvalue weighted by atomic mass is 10.2. The van der Waals surface area contributed by atoms with Crippen LogP contribution in [0.4, 0.5) is 5.69 Å². The third kappa shape index (κ3) is 6.72. The Morgan fingerprint density at radius 1 is 1.39 bits per heavy atom. The van der Waals surface area contributed by atoms with Crippen molar-refractivity contribution in [2.45, 2.75) is 30.7 Å². The second kappa shape index (κ2) is 8.56. The Labute approximate surface area is 134 Å². The minimum atomic E-state index is -3.87. The zero-order valence-corrected chi connectivity index (χ0v) is 13.5. The maximum atomic E-state index is 12.0. The van der Waals surface area contributed by atoms with Crippen LogP contribution in [0, 0.1) is 10.1 Å². The lowest BCUT2D eigenvalue weighted by Gasteiger charge is -2.09. The van der Waals surface area contributed by atoms with E-state index in [-0.39, 0.29) is 42.0 Å². The van der Waals surface area contributed by atoms with Crippen molar-refractivity contribution in [1.29, 1.82) is 0 Å². The highest BCUT2D eigenvalue weighted by Crippen LogP contribution is 2.16. The number of carbonyl (C=O) groups is 1. The fourth-order valence-electron chi connectivity index (χ4n) is 1.68. The molecule has 10 heteroatoms. The summed E-state index contributed by atoms with van der Waals surface area (Å²) in [5, 5.41) is 13.2. The van der Waals surface area contributed by atoms with Crippen molar-refractivity contribution >= 4 is 21.6 Å². The average molecular weight is 344 g/mol. The molecule has 0 aromatic heterocycles. The molecule has 1 unspecified atom stereocenters. The van der Waals surface area contributed by atoms with Crippen LogP contribution < -0.4 is 15.8 Å². The van der Waals surface area contributed by atoms with Gasteiger partial charge in [-0.3, -0.25) is 14.9 Å². The minimum absolute atomic E-state index is 0.0189. The summed E-state index contributed by atoms with van der Waals surface area (Å²) in [4.78, 5) is 21.2. The van der Waals surface area contributed by atoms with Crippen LogP contribution in [-0.2, 0) is 14.8 Å². The summed E-state index contributed by atoms with van der Waals surface area (Å²) in [6.07, 6.45) is 0.820.